The molecule has 0 spiro atoms. The number of nitrogens with two attached hydrogens (primary N) is 1. The predicted octanol–water partition coefficient (Wildman–Crippen LogP) is 6.71. The summed E-state index contributed by atoms with van der Waals surface area (Å²) < 4.78 is 17.4. The van der Waals surface area contributed by atoms with Crippen molar-refractivity contribution in [3.63, 3.8) is 0 Å². The molecule has 7 nitrogen and oxygen atoms in total. The van der Waals surface area contributed by atoms with Gasteiger partial charge in [0.2, 0.25) is 0 Å². The topological polar surface area (TPSA) is 91.1 Å². The molecule has 0 fully saturated rings. The first-order valence-corrected chi connectivity index (χ1v) is 14.8. The van der Waals surface area contributed by atoms with Gasteiger partial charge in [-0.05, 0) is 59.2 Å². The van der Waals surface area contributed by atoms with Gasteiger partial charge in [0.05, 0.1) is 12.1 Å². The number of hydrogen-bond donors (Lipinski definition) is 1. The van der Waals surface area contributed by atoms with E-state index in [4.69, 9.17) is 19.9 Å². The third-order valence-corrected chi connectivity index (χ3v) is 7.11. The highest BCUT2D eigenvalue weighted by Crippen LogP contribution is 2.22. The summed E-state index contributed by atoms with van der Waals surface area (Å²) in [5, 5.41) is 0. The second kappa shape index (κ2) is 15.9. The Hall–Kier alpha value is -5.40. The van der Waals surface area contributed by atoms with E-state index in [0.29, 0.717) is 36.8 Å². The molecule has 5 aromatic rings. The maximum absolute atomic E-state index is 13.4. The van der Waals surface area contributed by atoms with E-state index < -0.39 is 5.91 Å². The van der Waals surface area contributed by atoms with Crippen LogP contribution in [-0.2, 0) is 19.7 Å². The molecule has 0 radical (unpaired) electrons. The number of ether oxygens (including phenoxy) is 3. The van der Waals surface area contributed by atoms with E-state index in [-0.39, 0.29) is 31.1 Å². The zero-order valence-electron chi connectivity index (χ0n) is 25.0. The smallest absolute Gasteiger partial charge is 0.252 e. The van der Waals surface area contributed by atoms with Crippen LogP contribution in [-0.4, -0.2) is 36.3 Å². The van der Waals surface area contributed by atoms with Crippen LogP contribution >= 0.6 is 0 Å². The van der Waals surface area contributed by atoms with Gasteiger partial charge < -0.3 is 19.9 Å². The van der Waals surface area contributed by atoms with Crippen molar-refractivity contribution in [2.45, 2.75) is 19.7 Å². The molecule has 1 amide bonds. The van der Waals surface area contributed by atoms with Gasteiger partial charge >= 0.3 is 0 Å². The summed E-state index contributed by atoms with van der Waals surface area (Å²) in [6.07, 6.45) is 0. The fourth-order valence-electron chi connectivity index (χ4n) is 4.85. The number of hydrogen-bond acceptors (Lipinski definition) is 6. The molecule has 0 aliphatic heterocycles. The van der Waals surface area contributed by atoms with Gasteiger partial charge in [-0.25, -0.2) is 0 Å². The minimum absolute atomic E-state index is 0.115. The van der Waals surface area contributed by atoms with Crippen molar-refractivity contribution in [3.05, 3.63) is 161 Å². The summed E-state index contributed by atoms with van der Waals surface area (Å²) in [6, 6.07) is 42.2. The number of carbonyl (C=O) groups is 2. The standard InChI is InChI=1S/C38H36N2O5/c39-38(42)35-24-32(36(41)27-40(25-29-10-4-1-5-11-29)26-30-12-6-2-7-13-30)16-21-37(35)44-23-22-43-33-17-19-34(20-18-33)45-28-31-14-8-3-9-15-31/h1-21,24H,22-23,25-28H2,(H2,39,42). The van der Waals surface area contributed by atoms with Gasteiger partial charge in [-0.15, -0.1) is 0 Å². The summed E-state index contributed by atoms with van der Waals surface area (Å²) in [7, 11) is 0. The molecule has 5 aromatic carbocycles. The molecule has 7 heteroatoms. The average Bonchev–Trinajstić information content (AvgIpc) is 3.07. The van der Waals surface area contributed by atoms with Gasteiger partial charge in [0.15, 0.2) is 5.78 Å². The molecule has 0 heterocycles. The third kappa shape index (κ3) is 9.55. The second-order valence-electron chi connectivity index (χ2n) is 10.6. The Bertz CT molecular complexity index is 1620. The number of benzene rings is 5. The second-order valence-corrected chi connectivity index (χ2v) is 10.6. The van der Waals surface area contributed by atoms with Crippen LogP contribution in [0, 0.1) is 0 Å². The van der Waals surface area contributed by atoms with Crippen LogP contribution in [0.15, 0.2) is 133 Å². The zero-order valence-corrected chi connectivity index (χ0v) is 25.0. The van der Waals surface area contributed by atoms with E-state index in [1.807, 2.05) is 115 Å². The lowest BCUT2D eigenvalue weighted by Crippen LogP contribution is -2.29. The molecule has 0 saturated heterocycles. The summed E-state index contributed by atoms with van der Waals surface area (Å²) in [4.78, 5) is 27.8. The van der Waals surface area contributed by atoms with Gasteiger partial charge in [-0.1, -0.05) is 91.0 Å². The third-order valence-electron chi connectivity index (χ3n) is 7.11. The molecule has 0 aromatic heterocycles. The molecule has 0 aliphatic rings. The van der Waals surface area contributed by atoms with Crippen molar-refractivity contribution < 1.29 is 23.8 Å². The highest BCUT2D eigenvalue weighted by atomic mass is 16.5. The van der Waals surface area contributed by atoms with Crippen molar-refractivity contribution >= 4 is 11.7 Å². The van der Waals surface area contributed by atoms with Crippen LogP contribution in [0.5, 0.6) is 17.2 Å². The van der Waals surface area contributed by atoms with Crippen molar-refractivity contribution in [1.82, 2.24) is 4.90 Å². The minimum atomic E-state index is -0.669. The highest BCUT2D eigenvalue weighted by molar-refractivity contribution is 6.02. The molecule has 0 atom stereocenters. The summed E-state index contributed by atoms with van der Waals surface area (Å²) in [5.41, 5.74) is 9.54. The Kier molecular flexibility index (Phi) is 11.0. The first kappa shape index (κ1) is 31.0. The molecule has 0 bridgehead atoms. The number of carbonyl (C=O) groups excluding carboxylic acids is 2. The molecular weight excluding hydrogens is 564 g/mol. The molecule has 45 heavy (non-hydrogen) atoms. The molecule has 0 aliphatic carbocycles. The largest absolute Gasteiger partial charge is 0.490 e. The Balaban J connectivity index is 1.15. The van der Waals surface area contributed by atoms with E-state index in [9.17, 15) is 9.59 Å². The molecular formula is C38H36N2O5. The highest BCUT2D eigenvalue weighted by Gasteiger charge is 2.18. The lowest BCUT2D eigenvalue weighted by atomic mass is 10.0. The van der Waals surface area contributed by atoms with Crippen LogP contribution in [0.2, 0.25) is 0 Å². The Morgan fingerprint density at radius 2 is 1.09 bits per heavy atom. The van der Waals surface area contributed by atoms with E-state index in [2.05, 4.69) is 4.90 Å². The Morgan fingerprint density at radius 1 is 0.578 bits per heavy atom. The van der Waals surface area contributed by atoms with Crippen LogP contribution in [0.4, 0.5) is 0 Å². The van der Waals surface area contributed by atoms with E-state index >= 15 is 0 Å². The van der Waals surface area contributed by atoms with Crippen molar-refractivity contribution in [1.29, 1.82) is 0 Å². The van der Waals surface area contributed by atoms with Gasteiger partial charge in [0, 0.05) is 18.7 Å². The fraction of sp³-hybridized carbons (Fsp3) is 0.158. The lowest BCUT2D eigenvalue weighted by Gasteiger charge is -2.22. The van der Waals surface area contributed by atoms with Crippen LogP contribution in [0.3, 0.4) is 0 Å². The molecule has 0 unspecified atom stereocenters. The molecule has 5 rings (SSSR count). The predicted molar refractivity (Wildman–Crippen MR) is 174 cm³/mol. The number of amides is 1. The number of Topliss-reactive ketones (excluding diaryl/α,β-unsaturated/α-hetero) is 1. The Labute approximate surface area is 263 Å². The normalized spacial score (nSPS) is 10.8. The van der Waals surface area contributed by atoms with E-state index in [1.165, 1.54) is 6.07 Å². The molecule has 228 valence electrons. The van der Waals surface area contributed by atoms with Gasteiger partial charge in [-0.2, -0.15) is 0 Å². The monoisotopic (exact) mass is 600 g/mol. The maximum atomic E-state index is 13.4. The maximum Gasteiger partial charge on any atom is 0.252 e. The van der Waals surface area contributed by atoms with Crippen molar-refractivity contribution in [3.8, 4) is 17.2 Å². The van der Waals surface area contributed by atoms with Crippen LogP contribution in [0.1, 0.15) is 37.4 Å². The van der Waals surface area contributed by atoms with Gasteiger partial charge in [0.25, 0.3) is 5.91 Å². The van der Waals surface area contributed by atoms with Crippen molar-refractivity contribution in [2.24, 2.45) is 5.73 Å². The first-order valence-electron chi connectivity index (χ1n) is 14.8. The zero-order chi connectivity index (χ0) is 31.3. The van der Waals surface area contributed by atoms with Gasteiger partial charge in [0.1, 0.15) is 37.1 Å². The number of primary amides is 1. The minimum Gasteiger partial charge on any atom is -0.490 e. The number of rotatable bonds is 16. The molecule has 0 saturated carbocycles. The average molecular weight is 601 g/mol. The summed E-state index contributed by atoms with van der Waals surface area (Å²) in [5.74, 6) is 0.925. The summed E-state index contributed by atoms with van der Waals surface area (Å²) in [6.45, 7) is 2.30. The van der Waals surface area contributed by atoms with Crippen LogP contribution in [0.25, 0.3) is 0 Å². The fourth-order valence-corrected chi connectivity index (χ4v) is 4.85. The number of nitrogens with zero attached hydrogens (tertiary/aromatic N) is 1. The lowest BCUT2D eigenvalue weighted by molar-refractivity contribution is 0.0920. The Morgan fingerprint density at radius 3 is 1.64 bits per heavy atom. The SMILES string of the molecule is NC(=O)c1cc(C(=O)CN(Cc2ccccc2)Cc2ccccc2)ccc1OCCOc1ccc(OCc2ccccc2)cc1. The quantitative estimate of drug-likeness (QED) is 0.100. The van der Waals surface area contributed by atoms with Crippen molar-refractivity contribution in [2.75, 3.05) is 19.8 Å². The molecule has 2 N–H and O–H groups in total. The number of ketones is 1. The van der Waals surface area contributed by atoms with E-state index in [1.54, 1.807) is 12.1 Å². The van der Waals surface area contributed by atoms with Crippen LogP contribution < -0.4 is 19.9 Å². The summed E-state index contributed by atoms with van der Waals surface area (Å²) >= 11 is 0. The van der Waals surface area contributed by atoms with E-state index in [0.717, 1.165) is 22.4 Å². The van der Waals surface area contributed by atoms with Gasteiger partial charge in [-0.3, -0.25) is 14.5 Å². The first-order chi connectivity index (χ1) is 22.0.